The van der Waals surface area contributed by atoms with E-state index in [1.165, 1.54) is 0 Å². The summed E-state index contributed by atoms with van der Waals surface area (Å²) < 4.78 is 10.4. The third-order valence-electron chi connectivity index (χ3n) is 2.63. The van der Waals surface area contributed by atoms with E-state index in [1.807, 2.05) is 24.3 Å². The number of aliphatic hydroxyl groups is 1. The van der Waals surface area contributed by atoms with Crippen LogP contribution in [0.2, 0.25) is 0 Å². The van der Waals surface area contributed by atoms with Gasteiger partial charge in [-0.15, -0.1) is 0 Å². The molecule has 0 aliphatic rings. The highest BCUT2D eigenvalue weighted by atomic mass is 16.5. The maximum atomic E-state index is 11.3. The first kappa shape index (κ1) is 15.5. The summed E-state index contributed by atoms with van der Waals surface area (Å²) >= 11 is 0. The molecule has 1 aromatic carbocycles. The topological polar surface area (TPSA) is 81.8 Å². The Morgan fingerprint density at radius 3 is 2.84 bits per heavy atom. The van der Waals surface area contributed by atoms with E-state index in [0.29, 0.717) is 31.8 Å². The fourth-order valence-corrected chi connectivity index (χ4v) is 1.63. The normalized spacial score (nSPS) is 11.9. The fraction of sp³-hybridized carbons (Fsp3) is 0.500. The van der Waals surface area contributed by atoms with Crippen LogP contribution in [-0.2, 0) is 16.0 Å². The van der Waals surface area contributed by atoms with Gasteiger partial charge in [-0.1, -0.05) is 18.2 Å². The van der Waals surface area contributed by atoms with Crippen molar-refractivity contribution in [3.8, 4) is 5.75 Å². The van der Waals surface area contributed by atoms with Gasteiger partial charge in [-0.05, 0) is 25.0 Å². The molecule has 19 heavy (non-hydrogen) atoms. The van der Waals surface area contributed by atoms with Crippen LogP contribution in [0, 0.1) is 0 Å². The lowest BCUT2D eigenvalue weighted by atomic mass is 10.1. The molecule has 0 fully saturated rings. The Bertz CT molecular complexity index is 395. The van der Waals surface area contributed by atoms with E-state index in [4.69, 9.17) is 20.3 Å². The number of para-hydroxylation sites is 1. The number of esters is 1. The summed E-state index contributed by atoms with van der Waals surface area (Å²) in [7, 11) is 0. The van der Waals surface area contributed by atoms with Gasteiger partial charge in [0.2, 0.25) is 0 Å². The van der Waals surface area contributed by atoms with Crippen molar-refractivity contribution in [1.82, 2.24) is 0 Å². The summed E-state index contributed by atoms with van der Waals surface area (Å²) in [6.07, 6.45) is 0.937. The minimum atomic E-state index is -0.662. The Balaban J connectivity index is 2.42. The average Bonchev–Trinajstić information content (AvgIpc) is 2.41. The number of aliphatic hydroxyl groups excluding tert-OH is 1. The molecule has 0 amide bonds. The van der Waals surface area contributed by atoms with Gasteiger partial charge in [-0.3, -0.25) is 4.79 Å². The smallest absolute Gasteiger partial charge is 0.323 e. The predicted molar refractivity (Wildman–Crippen MR) is 72.0 cm³/mol. The van der Waals surface area contributed by atoms with Crippen molar-refractivity contribution < 1.29 is 19.4 Å². The number of hydrogen-bond donors (Lipinski definition) is 2. The summed E-state index contributed by atoms with van der Waals surface area (Å²) in [5.41, 5.74) is 6.61. The molecule has 0 radical (unpaired) electrons. The molecule has 1 aromatic rings. The standard InChI is InChI=1S/C14H21NO4/c1-2-18-14(17)12(15)8-10-19-13-6-4-3-5-11(13)7-9-16/h3-6,12,16H,2,7-10,15H2,1H3. The molecule has 0 aromatic heterocycles. The molecule has 0 aliphatic heterocycles. The van der Waals surface area contributed by atoms with Crippen LogP contribution in [0.1, 0.15) is 18.9 Å². The second-order valence-electron chi connectivity index (χ2n) is 4.08. The van der Waals surface area contributed by atoms with Crippen LogP contribution in [0.15, 0.2) is 24.3 Å². The lowest BCUT2D eigenvalue weighted by Crippen LogP contribution is -2.33. The Morgan fingerprint density at radius 1 is 1.42 bits per heavy atom. The molecule has 0 bridgehead atoms. The van der Waals surface area contributed by atoms with Gasteiger partial charge >= 0.3 is 5.97 Å². The molecule has 0 aliphatic carbocycles. The van der Waals surface area contributed by atoms with Crippen molar-refractivity contribution in [2.24, 2.45) is 5.73 Å². The van der Waals surface area contributed by atoms with Crippen LogP contribution in [0.3, 0.4) is 0 Å². The van der Waals surface area contributed by atoms with E-state index >= 15 is 0 Å². The van der Waals surface area contributed by atoms with E-state index in [1.54, 1.807) is 6.92 Å². The molecule has 0 spiro atoms. The highest BCUT2D eigenvalue weighted by Crippen LogP contribution is 2.18. The molecular formula is C14H21NO4. The van der Waals surface area contributed by atoms with Gasteiger partial charge in [0.15, 0.2) is 0 Å². The molecular weight excluding hydrogens is 246 g/mol. The molecule has 1 unspecified atom stereocenters. The van der Waals surface area contributed by atoms with Crippen molar-refractivity contribution in [2.45, 2.75) is 25.8 Å². The summed E-state index contributed by atoms with van der Waals surface area (Å²) in [6, 6.07) is 6.83. The van der Waals surface area contributed by atoms with Gasteiger partial charge in [-0.2, -0.15) is 0 Å². The highest BCUT2D eigenvalue weighted by Gasteiger charge is 2.14. The van der Waals surface area contributed by atoms with Crippen molar-refractivity contribution in [3.05, 3.63) is 29.8 Å². The monoisotopic (exact) mass is 267 g/mol. The first-order chi connectivity index (χ1) is 9.19. The third-order valence-corrected chi connectivity index (χ3v) is 2.63. The lowest BCUT2D eigenvalue weighted by molar-refractivity contribution is -0.145. The van der Waals surface area contributed by atoms with Crippen molar-refractivity contribution in [2.75, 3.05) is 19.8 Å². The van der Waals surface area contributed by atoms with Gasteiger partial charge in [0.05, 0.1) is 13.2 Å². The van der Waals surface area contributed by atoms with Crippen LogP contribution in [0.25, 0.3) is 0 Å². The molecule has 3 N–H and O–H groups in total. The van der Waals surface area contributed by atoms with Crippen LogP contribution in [0.4, 0.5) is 0 Å². The molecule has 5 heteroatoms. The van der Waals surface area contributed by atoms with Crippen LogP contribution >= 0.6 is 0 Å². The largest absolute Gasteiger partial charge is 0.493 e. The van der Waals surface area contributed by atoms with Crippen LogP contribution in [0.5, 0.6) is 5.75 Å². The maximum Gasteiger partial charge on any atom is 0.323 e. The zero-order valence-corrected chi connectivity index (χ0v) is 11.2. The van der Waals surface area contributed by atoms with E-state index in [-0.39, 0.29) is 6.61 Å². The van der Waals surface area contributed by atoms with Gasteiger partial charge in [0.25, 0.3) is 0 Å². The molecule has 1 atom stereocenters. The minimum absolute atomic E-state index is 0.0721. The molecule has 0 saturated carbocycles. The Kier molecular flexibility index (Phi) is 6.92. The van der Waals surface area contributed by atoms with Crippen LogP contribution in [-0.4, -0.2) is 36.9 Å². The molecule has 1 rings (SSSR count). The number of carbonyl (C=O) groups excluding carboxylic acids is 1. The van der Waals surface area contributed by atoms with E-state index in [9.17, 15) is 4.79 Å². The summed E-state index contributed by atoms with van der Waals surface area (Å²) in [6.45, 7) is 2.48. The molecule has 106 valence electrons. The third kappa shape index (κ3) is 5.28. The molecule has 0 heterocycles. The number of benzene rings is 1. The number of ether oxygens (including phenoxy) is 2. The second kappa shape index (κ2) is 8.50. The first-order valence-corrected chi connectivity index (χ1v) is 6.42. The van der Waals surface area contributed by atoms with Gasteiger partial charge < -0.3 is 20.3 Å². The lowest BCUT2D eigenvalue weighted by Gasteiger charge is -2.13. The van der Waals surface area contributed by atoms with Crippen molar-refractivity contribution in [1.29, 1.82) is 0 Å². The zero-order valence-electron chi connectivity index (χ0n) is 11.2. The summed E-state index contributed by atoms with van der Waals surface area (Å²) in [4.78, 5) is 11.3. The summed E-state index contributed by atoms with van der Waals surface area (Å²) in [5.74, 6) is 0.308. The Hall–Kier alpha value is -1.59. The quantitative estimate of drug-likeness (QED) is 0.683. The molecule has 5 nitrogen and oxygen atoms in total. The van der Waals surface area contributed by atoms with Gasteiger partial charge in [-0.25, -0.2) is 0 Å². The number of carbonyl (C=O) groups is 1. The second-order valence-corrected chi connectivity index (χ2v) is 4.08. The van der Waals surface area contributed by atoms with Crippen molar-refractivity contribution in [3.63, 3.8) is 0 Å². The Labute approximate surface area is 113 Å². The average molecular weight is 267 g/mol. The van der Waals surface area contributed by atoms with E-state index < -0.39 is 12.0 Å². The number of hydrogen-bond acceptors (Lipinski definition) is 5. The summed E-state index contributed by atoms with van der Waals surface area (Å²) in [5, 5.41) is 8.95. The zero-order chi connectivity index (χ0) is 14.1. The van der Waals surface area contributed by atoms with Crippen LogP contribution < -0.4 is 10.5 Å². The number of nitrogens with two attached hydrogens (primary N) is 1. The SMILES string of the molecule is CCOC(=O)C(N)CCOc1ccccc1CCO. The minimum Gasteiger partial charge on any atom is -0.493 e. The predicted octanol–water partition coefficient (Wildman–Crippen LogP) is 0.881. The first-order valence-electron chi connectivity index (χ1n) is 6.42. The molecule has 0 saturated heterocycles. The van der Waals surface area contributed by atoms with Crippen molar-refractivity contribution >= 4 is 5.97 Å². The Morgan fingerprint density at radius 2 is 2.16 bits per heavy atom. The maximum absolute atomic E-state index is 11.3. The highest BCUT2D eigenvalue weighted by molar-refractivity contribution is 5.75. The number of rotatable bonds is 8. The van der Waals surface area contributed by atoms with Gasteiger partial charge in [0, 0.05) is 13.0 Å². The van der Waals surface area contributed by atoms with E-state index in [0.717, 1.165) is 5.56 Å². The van der Waals surface area contributed by atoms with Gasteiger partial charge in [0.1, 0.15) is 11.8 Å². The fourth-order valence-electron chi connectivity index (χ4n) is 1.63. The van der Waals surface area contributed by atoms with E-state index in [2.05, 4.69) is 0 Å².